The summed E-state index contributed by atoms with van der Waals surface area (Å²) in [6.07, 6.45) is 3.17. The highest BCUT2D eigenvalue weighted by Crippen LogP contribution is 2.39. The summed E-state index contributed by atoms with van der Waals surface area (Å²) in [6.45, 7) is 4.31. The number of para-hydroxylation sites is 1. The molecule has 0 amide bonds. The van der Waals surface area contributed by atoms with E-state index in [0.29, 0.717) is 11.7 Å². The number of thioether (sulfide) groups is 1. The Balaban J connectivity index is 1.36. The fourth-order valence-electron chi connectivity index (χ4n) is 3.72. The molecule has 0 spiro atoms. The Morgan fingerprint density at radius 2 is 2.07 bits per heavy atom. The van der Waals surface area contributed by atoms with Crippen molar-refractivity contribution < 1.29 is 0 Å². The lowest BCUT2D eigenvalue weighted by Gasteiger charge is -2.17. The molecule has 9 heteroatoms. The van der Waals surface area contributed by atoms with Gasteiger partial charge in [-0.25, -0.2) is 4.98 Å². The first-order valence-electron chi connectivity index (χ1n) is 9.93. The zero-order valence-corrected chi connectivity index (χ0v) is 19.1. The lowest BCUT2D eigenvalue weighted by atomic mass is 9.89. The van der Waals surface area contributed by atoms with Gasteiger partial charge in [-0.3, -0.25) is 4.79 Å². The van der Waals surface area contributed by atoms with Gasteiger partial charge in [-0.2, -0.15) is 0 Å². The summed E-state index contributed by atoms with van der Waals surface area (Å²) in [4.78, 5) is 22.9. The second kappa shape index (κ2) is 8.13. The highest BCUT2D eigenvalue weighted by molar-refractivity contribution is 8.01. The molecule has 0 fully saturated rings. The quantitative estimate of drug-likeness (QED) is 0.384. The number of hydrogen-bond acceptors (Lipinski definition) is 8. The molecule has 30 heavy (non-hydrogen) atoms. The molecule has 0 radical (unpaired) electrons. The predicted octanol–water partition coefficient (Wildman–Crippen LogP) is 5.56. The molecule has 0 aliphatic heterocycles. The van der Waals surface area contributed by atoms with Crippen molar-refractivity contribution in [2.45, 2.75) is 42.7 Å². The number of nitrogens with one attached hydrogen (secondary N) is 2. The average Bonchev–Trinajstić information content (AvgIpc) is 3.32. The Bertz CT molecular complexity index is 1250. The van der Waals surface area contributed by atoms with Gasteiger partial charge in [0.25, 0.3) is 5.56 Å². The smallest absolute Gasteiger partial charge is 0.259 e. The molecule has 2 N–H and O–H groups in total. The summed E-state index contributed by atoms with van der Waals surface area (Å²) in [5, 5.41) is 13.3. The third-order valence-electron chi connectivity index (χ3n) is 5.28. The number of benzene rings is 1. The highest BCUT2D eigenvalue weighted by Gasteiger charge is 2.24. The minimum atomic E-state index is -0.0299. The Morgan fingerprint density at radius 1 is 1.23 bits per heavy atom. The van der Waals surface area contributed by atoms with E-state index in [1.807, 2.05) is 37.3 Å². The van der Waals surface area contributed by atoms with Crippen LogP contribution in [0.4, 0.5) is 10.8 Å². The molecule has 2 unspecified atom stereocenters. The molecule has 5 rings (SSSR count). The summed E-state index contributed by atoms with van der Waals surface area (Å²) < 4.78 is 0.836. The first-order valence-corrected chi connectivity index (χ1v) is 12.4. The van der Waals surface area contributed by atoms with Crippen LogP contribution in [-0.4, -0.2) is 20.2 Å². The van der Waals surface area contributed by atoms with E-state index in [0.717, 1.165) is 44.6 Å². The van der Waals surface area contributed by atoms with Crippen LogP contribution in [0, 0.1) is 5.92 Å². The zero-order chi connectivity index (χ0) is 20.7. The van der Waals surface area contributed by atoms with Crippen LogP contribution in [0.25, 0.3) is 10.2 Å². The topological polar surface area (TPSA) is 83.6 Å². The van der Waals surface area contributed by atoms with Gasteiger partial charge in [0.2, 0.25) is 5.13 Å². The zero-order valence-electron chi connectivity index (χ0n) is 16.6. The Hall–Kier alpha value is -2.23. The van der Waals surface area contributed by atoms with Crippen LogP contribution in [0.2, 0.25) is 0 Å². The normalized spacial score (nSPS) is 17.1. The second-order valence-corrected chi connectivity index (χ2v) is 11.3. The number of thiophene rings is 1. The summed E-state index contributed by atoms with van der Waals surface area (Å²) >= 11 is 4.74. The van der Waals surface area contributed by atoms with Crippen molar-refractivity contribution in [3.63, 3.8) is 0 Å². The molecule has 3 aromatic heterocycles. The Morgan fingerprint density at radius 3 is 2.90 bits per heavy atom. The van der Waals surface area contributed by atoms with Crippen LogP contribution in [0.15, 0.2) is 39.5 Å². The summed E-state index contributed by atoms with van der Waals surface area (Å²) in [5.74, 6) is 1.37. The lowest BCUT2D eigenvalue weighted by molar-refractivity contribution is 0.509. The molecule has 3 heterocycles. The minimum Gasteiger partial charge on any atom is -0.330 e. The third kappa shape index (κ3) is 3.89. The van der Waals surface area contributed by atoms with Crippen LogP contribution in [0.3, 0.4) is 0 Å². The number of rotatable bonds is 5. The van der Waals surface area contributed by atoms with Crippen molar-refractivity contribution in [1.29, 1.82) is 0 Å². The van der Waals surface area contributed by atoms with Gasteiger partial charge < -0.3 is 10.3 Å². The van der Waals surface area contributed by atoms with Crippen molar-refractivity contribution >= 4 is 55.5 Å². The van der Waals surface area contributed by atoms with Gasteiger partial charge in [0.05, 0.1) is 10.6 Å². The minimum absolute atomic E-state index is 0.0156. The summed E-state index contributed by atoms with van der Waals surface area (Å²) in [7, 11) is 0. The number of nitrogens with zero attached hydrogens (tertiary/aromatic N) is 3. The Labute approximate surface area is 186 Å². The fourth-order valence-corrected chi connectivity index (χ4v) is 7.08. The van der Waals surface area contributed by atoms with Crippen LogP contribution in [0.5, 0.6) is 0 Å². The van der Waals surface area contributed by atoms with Crippen LogP contribution in [-0.2, 0) is 12.8 Å². The number of hydrogen-bond donors (Lipinski definition) is 2. The van der Waals surface area contributed by atoms with Crippen LogP contribution >= 0.6 is 34.4 Å². The first kappa shape index (κ1) is 19.7. The van der Waals surface area contributed by atoms with Crippen molar-refractivity contribution in [2.24, 2.45) is 5.92 Å². The predicted molar refractivity (Wildman–Crippen MR) is 125 cm³/mol. The largest absolute Gasteiger partial charge is 0.330 e. The standard InChI is InChI=1S/C21H21N5OS3/c1-11-8-9-14-15(10-11)29-19-16(14)18(27)23-17(24-19)12(2)28-21-26-25-20(30-21)22-13-6-4-3-5-7-13/h3-7,11-12H,8-10H2,1-2H3,(H,22,25)(H,23,24,27). The van der Waals surface area contributed by atoms with Gasteiger partial charge in [-0.15, -0.1) is 21.5 Å². The molecule has 0 saturated carbocycles. The summed E-state index contributed by atoms with van der Waals surface area (Å²) in [6, 6.07) is 9.90. The van der Waals surface area contributed by atoms with Crippen molar-refractivity contribution in [2.75, 3.05) is 5.32 Å². The monoisotopic (exact) mass is 455 g/mol. The molecule has 0 saturated heterocycles. The first-order chi connectivity index (χ1) is 14.6. The fraction of sp³-hybridized carbons (Fsp3) is 0.333. The van der Waals surface area contributed by atoms with Gasteiger partial charge >= 0.3 is 0 Å². The molecule has 2 atom stereocenters. The second-order valence-electron chi connectivity index (χ2n) is 7.61. The van der Waals surface area contributed by atoms with Crippen LogP contribution < -0.4 is 10.9 Å². The number of anilines is 2. The van der Waals surface area contributed by atoms with Crippen molar-refractivity contribution in [3.05, 3.63) is 57.0 Å². The molecule has 1 aromatic carbocycles. The molecule has 0 bridgehead atoms. The average molecular weight is 456 g/mol. The Kier molecular flexibility index (Phi) is 5.34. The maximum absolute atomic E-state index is 12.8. The van der Waals surface area contributed by atoms with Crippen LogP contribution in [0.1, 0.15) is 41.8 Å². The van der Waals surface area contributed by atoms with E-state index in [2.05, 4.69) is 27.4 Å². The SMILES string of the molecule is CC1CCc2c(sc3nc(C(C)Sc4nnc(Nc5ccccc5)s4)[nH]c(=O)c23)C1. The number of fused-ring (bicyclic) bond motifs is 3. The molecule has 1 aliphatic carbocycles. The van der Waals surface area contributed by atoms with Crippen molar-refractivity contribution in [3.8, 4) is 0 Å². The molecular formula is C21H21N5OS3. The molecular weight excluding hydrogens is 434 g/mol. The van der Waals surface area contributed by atoms with E-state index >= 15 is 0 Å². The van der Waals surface area contributed by atoms with Gasteiger partial charge in [-0.05, 0) is 49.8 Å². The maximum Gasteiger partial charge on any atom is 0.259 e. The number of aromatic nitrogens is 4. The molecule has 4 aromatic rings. The van der Waals surface area contributed by atoms with Crippen molar-refractivity contribution in [1.82, 2.24) is 20.2 Å². The number of aryl methyl sites for hydroxylation is 1. The molecule has 1 aliphatic rings. The van der Waals surface area contributed by atoms with E-state index in [4.69, 9.17) is 4.98 Å². The van der Waals surface area contributed by atoms with Gasteiger partial charge in [0, 0.05) is 10.6 Å². The van der Waals surface area contributed by atoms with Gasteiger partial charge in [0.15, 0.2) is 4.34 Å². The lowest BCUT2D eigenvalue weighted by Crippen LogP contribution is -2.15. The molecule has 6 nitrogen and oxygen atoms in total. The van der Waals surface area contributed by atoms with E-state index in [1.54, 1.807) is 23.1 Å². The van der Waals surface area contributed by atoms with E-state index < -0.39 is 0 Å². The molecule has 154 valence electrons. The van der Waals surface area contributed by atoms with E-state index in [-0.39, 0.29) is 10.8 Å². The van der Waals surface area contributed by atoms with Gasteiger partial charge in [-0.1, -0.05) is 48.2 Å². The number of H-pyrrole nitrogens is 1. The van der Waals surface area contributed by atoms with Gasteiger partial charge in [0.1, 0.15) is 10.7 Å². The number of aromatic amines is 1. The maximum atomic E-state index is 12.8. The third-order valence-corrected chi connectivity index (χ3v) is 8.46. The highest BCUT2D eigenvalue weighted by atomic mass is 32.2. The van der Waals surface area contributed by atoms with E-state index in [1.165, 1.54) is 21.8 Å². The summed E-state index contributed by atoms with van der Waals surface area (Å²) in [5.41, 5.74) is 2.18. The van der Waals surface area contributed by atoms with E-state index in [9.17, 15) is 4.79 Å².